The van der Waals surface area contributed by atoms with Gasteiger partial charge in [0.05, 0.1) is 13.0 Å². The quantitative estimate of drug-likeness (QED) is 0.544. The van der Waals surface area contributed by atoms with Gasteiger partial charge in [-0.05, 0) is 19.8 Å². The van der Waals surface area contributed by atoms with Crippen molar-refractivity contribution in [2.75, 3.05) is 6.61 Å². The summed E-state index contributed by atoms with van der Waals surface area (Å²) in [7, 11) is 0. The lowest BCUT2D eigenvalue weighted by molar-refractivity contribution is -0.199. The maximum absolute atomic E-state index is 12.4. The Bertz CT molecular complexity index is 253. The first-order chi connectivity index (χ1) is 8.25. The number of carbonyl (C=O) groups is 1. The van der Waals surface area contributed by atoms with Crippen LogP contribution < -0.4 is 0 Å². The van der Waals surface area contributed by atoms with Crippen molar-refractivity contribution in [1.82, 2.24) is 0 Å². The zero-order chi connectivity index (χ0) is 14.2. The van der Waals surface area contributed by atoms with Crippen LogP contribution in [-0.4, -0.2) is 29.5 Å². The van der Waals surface area contributed by atoms with Crippen LogP contribution in [0.25, 0.3) is 0 Å². The van der Waals surface area contributed by atoms with Crippen LogP contribution in [0.15, 0.2) is 0 Å². The molecule has 3 nitrogen and oxygen atoms in total. The third-order valence-electron chi connectivity index (χ3n) is 2.59. The van der Waals surface area contributed by atoms with E-state index in [9.17, 15) is 23.1 Å². The topological polar surface area (TPSA) is 46.5 Å². The second-order valence-electron chi connectivity index (χ2n) is 4.35. The van der Waals surface area contributed by atoms with E-state index >= 15 is 0 Å². The van der Waals surface area contributed by atoms with Gasteiger partial charge in [-0.1, -0.05) is 26.2 Å². The smallest absolute Gasteiger partial charge is 0.392 e. The minimum absolute atomic E-state index is 0.0477. The van der Waals surface area contributed by atoms with Gasteiger partial charge in [0.25, 0.3) is 0 Å². The molecule has 0 aliphatic carbocycles. The van der Waals surface area contributed by atoms with E-state index < -0.39 is 24.2 Å². The van der Waals surface area contributed by atoms with Crippen LogP contribution in [0.5, 0.6) is 0 Å². The maximum Gasteiger partial charge on any atom is 0.392 e. The number of halogens is 3. The van der Waals surface area contributed by atoms with E-state index in [4.69, 9.17) is 0 Å². The molecule has 6 heteroatoms. The molecule has 0 saturated heterocycles. The molecule has 0 aromatic heterocycles. The number of aliphatic hydroxyl groups is 1. The molecule has 0 fully saturated rings. The molecule has 0 aliphatic rings. The third kappa shape index (κ3) is 6.83. The van der Waals surface area contributed by atoms with E-state index in [1.54, 1.807) is 0 Å². The molecule has 0 bridgehead atoms. The van der Waals surface area contributed by atoms with Gasteiger partial charge in [-0.2, -0.15) is 13.2 Å². The van der Waals surface area contributed by atoms with Gasteiger partial charge in [-0.3, -0.25) is 0 Å². The fraction of sp³-hybridized carbons (Fsp3) is 0.917. The van der Waals surface area contributed by atoms with Crippen molar-refractivity contribution in [3.05, 3.63) is 0 Å². The van der Waals surface area contributed by atoms with Gasteiger partial charge >= 0.3 is 12.1 Å². The lowest BCUT2D eigenvalue weighted by atomic mass is 9.92. The maximum atomic E-state index is 12.4. The van der Waals surface area contributed by atoms with E-state index in [-0.39, 0.29) is 13.0 Å². The molecule has 1 unspecified atom stereocenters. The molecule has 0 aromatic carbocycles. The second kappa shape index (κ2) is 7.61. The van der Waals surface area contributed by atoms with E-state index in [0.717, 1.165) is 12.8 Å². The zero-order valence-electron chi connectivity index (χ0n) is 10.8. The molecule has 0 rings (SSSR count). The Morgan fingerprint density at radius 2 is 1.78 bits per heavy atom. The summed E-state index contributed by atoms with van der Waals surface area (Å²) in [6.45, 7) is 3.41. The van der Waals surface area contributed by atoms with Crippen molar-refractivity contribution in [2.24, 2.45) is 0 Å². The number of esters is 1. The number of carbonyl (C=O) groups excluding carboxylic acids is 1. The number of hydrogen-bond acceptors (Lipinski definition) is 3. The molecular weight excluding hydrogens is 249 g/mol. The summed E-state index contributed by atoms with van der Waals surface area (Å²) in [4.78, 5) is 11.4. The molecular formula is C12H21F3O3. The minimum atomic E-state index is -4.59. The first-order valence-electron chi connectivity index (χ1n) is 6.21. The molecule has 0 aromatic rings. The van der Waals surface area contributed by atoms with Gasteiger partial charge < -0.3 is 9.84 Å². The lowest BCUT2D eigenvalue weighted by Gasteiger charge is -2.26. The molecule has 0 radical (unpaired) electrons. The highest BCUT2D eigenvalue weighted by atomic mass is 19.4. The Balaban J connectivity index is 4.54. The number of alkyl halides is 3. The van der Waals surface area contributed by atoms with E-state index in [1.165, 1.54) is 6.92 Å². The van der Waals surface area contributed by atoms with Crippen molar-refractivity contribution in [3.63, 3.8) is 0 Å². The zero-order valence-corrected chi connectivity index (χ0v) is 10.8. The van der Waals surface area contributed by atoms with Crippen LogP contribution >= 0.6 is 0 Å². The molecule has 0 heterocycles. The molecule has 0 saturated carbocycles. The summed E-state index contributed by atoms with van der Waals surface area (Å²) in [5, 5.41) is 9.85. The first-order valence-corrected chi connectivity index (χ1v) is 6.21. The monoisotopic (exact) mass is 270 g/mol. The van der Waals surface area contributed by atoms with Gasteiger partial charge in [-0.15, -0.1) is 0 Å². The molecule has 108 valence electrons. The minimum Gasteiger partial charge on any atom is -0.464 e. The van der Waals surface area contributed by atoms with Gasteiger partial charge in [0.2, 0.25) is 0 Å². The van der Waals surface area contributed by atoms with Gasteiger partial charge in [0.15, 0.2) is 5.60 Å². The van der Waals surface area contributed by atoms with Crippen molar-refractivity contribution >= 4 is 5.97 Å². The molecule has 18 heavy (non-hydrogen) atoms. The van der Waals surface area contributed by atoms with Crippen LogP contribution in [0.1, 0.15) is 52.4 Å². The van der Waals surface area contributed by atoms with E-state index in [0.29, 0.717) is 12.8 Å². The average molecular weight is 270 g/mol. The van der Waals surface area contributed by atoms with Crippen molar-refractivity contribution in [1.29, 1.82) is 0 Å². The predicted octanol–water partition coefficient (Wildman–Crippen LogP) is 3.20. The second-order valence-corrected chi connectivity index (χ2v) is 4.35. The summed E-state index contributed by atoms with van der Waals surface area (Å²) in [5.74, 6) is -1.18. The SMILES string of the molecule is CCCCCCC(O)(CC(F)(F)F)C(=O)OCC. The van der Waals surface area contributed by atoms with Crippen molar-refractivity contribution < 1.29 is 27.8 Å². The molecule has 0 aliphatic heterocycles. The lowest BCUT2D eigenvalue weighted by Crippen LogP contribution is -2.44. The fourth-order valence-corrected chi connectivity index (χ4v) is 1.70. The number of ether oxygens (including phenoxy) is 1. The first kappa shape index (κ1) is 17.2. The third-order valence-corrected chi connectivity index (χ3v) is 2.59. The Labute approximate surface area is 105 Å². The highest BCUT2D eigenvalue weighted by molar-refractivity contribution is 5.79. The molecule has 0 amide bonds. The van der Waals surface area contributed by atoms with Crippen LogP contribution in [0, 0.1) is 0 Å². The summed E-state index contributed by atoms with van der Waals surface area (Å²) in [6.07, 6.45) is -3.50. The average Bonchev–Trinajstić information content (AvgIpc) is 2.22. The summed E-state index contributed by atoms with van der Waals surface area (Å²) in [6, 6.07) is 0. The Morgan fingerprint density at radius 1 is 1.17 bits per heavy atom. The van der Waals surface area contributed by atoms with Crippen LogP contribution in [0.4, 0.5) is 13.2 Å². The number of unbranched alkanes of at least 4 members (excludes halogenated alkanes) is 3. The normalized spacial score (nSPS) is 15.2. The van der Waals surface area contributed by atoms with Gasteiger partial charge in [0.1, 0.15) is 0 Å². The largest absolute Gasteiger partial charge is 0.464 e. The van der Waals surface area contributed by atoms with Gasteiger partial charge in [-0.25, -0.2) is 4.79 Å². The summed E-state index contributed by atoms with van der Waals surface area (Å²) >= 11 is 0. The summed E-state index contributed by atoms with van der Waals surface area (Å²) in [5.41, 5.74) is -2.44. The Hall–Kier alpha value is -0.780. The van der Waals surface area contributed by atoms with Crippen molar-refractivity contribution in [3.8, 4) is 0 Å². The predicted molar refractivity (Wildman–Crippen MR) is 61.0 cm³/mol. The van der Waals surface area contributed by atoms with Crippen LogP contribution in [0.2, 0.25) is 0 Å². The van der Waals surface area contributed by atoms with Crippen LogP contribution in [-0.2, 0) is 9.53 Å². The van der Waals surface area contributed by atoms with E-state index in [2.05, 4.69) is 4.74 Å². The van der Waals surface area contributed by atoms with Crippen LogP contribution in [0.3, 0.4) is 0 Å². The fourth-order valence-electron chi connectivity index (χ4n) is 1.70. The van der Waals surface area contributed by atoms with Crippen molar-refractivity contribution in [2.45, 2.75) is 64.1 Å². The standard InChI is InChI=1S/C12H21F3O3/c1-3-5-6-7-8-11(17,9-12(13,14)15)10(16)18-4-2/h17H,3-9H2,1-2H3. The molecule has 1 N–H and O–H groups in total. The molecule has 1 atom stereocenters. The highest BCUT2D eigenvalue weighted by Gasteiger charge is 2.47. The highest BCUT2D eigenvalue weighted by Crippen LogP contribution is 2.32. The number of hydrogen-bond donors (Lipinski definition) is 1. The molecule has 0 spiro atoms. The Kier molecular flexibility index (Phi) is 7.28. The summed E-state index contributed by atoms with van der Waals surface area (Å²) < 4.78 is 41.6. The van der Waals surface area contributed by atoms with E-state index in [1.807, 2.05) is 6.92 Å². The Morgan fingerprint density at radius 3 is 2.22 bits per heavy atom. The number of rotatable bonds is 8. The van der Waals surface area contributed by atoms with Gasteiger partial charge in [0, 0.05) is 0 Å².